The molecule has 1 aliphatic carbocycles. The van der Waals surface area contributed by atoms with Crippen LogP contribution in [-0.4, -0.2) is 28.3 Å². The Kier molecular flexibility index (Phi) is 4.82. The maximum atomic E-state index is 14.2. The van der Waals surface area contributed by atoms with Crippen molar-refractivity contribution in [3.05, 3.63) is 64.7 Å². The number of hydrogen-bond acceptors (Lipinski definition) is 5. The number of carbonyl (C=O) groups excluding carboxylic acids is 1. The van der Waals surface area contributed by atoms with Gasteiger partial charge in [0.1, 0.15) is 5.82 Å². The monoisotopic (exact) mass is 394 g/mol. The van der Waals surface area contributed by atoms with E-state index in [-0.39, 0.29) is 5.41 Å². The van der Waals surface area contributed by atoms with Crippen LogP contribution in [0.15, 0.2) is 36.4 Å². The van der Waals surface area contributed by atoms with Gasteiger partial charge in [0.25, 0.3) is 0 Å². The molecule has 1 aromatic carbocycles. The molecule has 0 amide bonds. The predicted octanol–water partition coefficient (Wildman–Crippen LogP) is 4.13. The van der Waals surface area contributed by atoms with Crippen LogP contribution in [0.1, 0.15) is 41.0 Å². The van der Waals surface area contributed by atoms with Crippen molar-refractivity contribution in [2.45, 2.75) is 33.2 Å². The van der Waals surface area contributed by atoms with E-state index in [1.54, 1.807) is 24.3 Å². The fourth-order valence-corrected chi connectivity index (χ4v) is 3.84. The molecule has 0 spiro atoms. The van der Waals surface area contributed by atoms with Gasteiger partial charge in [0, 0.05) is 29.4 Å². The number of carbonyl (C=O) groups is 1. The maximum absolute atomic E-state index is 14.2. The van der Waals surface area contributed by atoms with Gasteiger partial charge in [0.05, 0.1) is 18.4 Å². The number of hydrogen-bond donors (Lipinski definition) is 2. The Morgan fingerprint density at radius 2 is 2.10 bits per heavy atom. The van der Waals surface area contributed by atoms with E-state index in [1.807, 2.05) is 6.07 Å². The number of fused-ring (bicyclic) bond motifs is 1. The molecule has 150 valence electrons. The van der Waals surface area contributed by atoms with Crippen LogP contribution in [0.4, 0.5) is 10.2 Å². The third kappa shape index (κ3) is 3.99. The Bertz CT molecular complexity index is 1070. The molecule has 0 fully saturated rings. The van der Waals surface area contributed by atoms with Crippen molar-refractivity contribution >= 4 is 11.8 Å². The zero-order valence-electron chi connectivity index (χ0n) is 16.7. The molecule has 2 aromatic heterocycles. The van der Waals surface area contributed by atoms with Crippen molar-refractivity contribution in [3.8, 4) is 11.3 Å². The number of methoxy groups -OCH3 is 1. The van der Waals surface area contributed by atoms with Crippen LogP contribution in [0.2, 0.25) is 0 Å². The Morgan fingerprint density at radius 3 is 2.90 bits per heavy atom. The fraction of sp³-hybridized carbons (Fsp3) is 0.318. The molecular formula is C22H23FN4O2. The smallest absolute Gasteiger partial charge is 0.337 e. The third-order valence-corrected chi connectivity index (χ3v) is 5.15. The summed E-state index contributed by atoms with van der Waals surface area (Å²) in [5.74, 6) is -0.548. The van der Waals surface area contributed by atoms with Crippen LogP contribution in [0.3, 0.4) is 0 Å². The lowest BCUT2D eigenvalue weighted by Gasteiger charge is -2.15. The van der Waals surface area contributed by atoms with Gasteiger partial charge >= 0.3 is 5.97 Å². The summed E-state index contributed by atoms with van der Waals surface area (Å²) in [6.45, 7) is 4.83. The summed E-state index contributed by atoms with van der Waals surface area (Å²) in [6.07, 6.45) is 1.84. The maximum Gasteiger partial charge on any atom is 0.337 e. The molecule has 3 aromatic rings. The van der Waals surface area contributed by atoms with Crippen molar-refractivity contribution in [3.63, 3.8) is 0 Å². The number of benzene rings is 1. The van der Waals surface area contributed by atoms with Gasteiger partial charge in [-0.2, -0.15) is 9.49 Å². The Hall–Kier alpha value is -3.22. The number of esters is 1. The van der Waals surface area contributed by atoms with Gasteiger partial charge in [-0.3, -0.25) is 5.10 Å². The Labute approximate surface area is 168 Å². The lowest BCUT2D eigenvalue weighted by molar-refractivity contribution is 0.0600. The molecular weight excluding hydrogens is 371 g/mol. The van der Waals surface area contributed by atoms with Crippen molar-refractivity contribution < 1.29 is 13.9 Å². The largest absolute Gasteiger partial charge is 0.465 e. The van der Waals surface area contributed by atoms with Crippen molar-refractivity contribution in [1.82, 2.24) is 15.2 Å². The van der Waals surface area contributed by atoms with E-state index >= 15 is 0 Å². The number of ether oxygens (including phenoxy) is 1. The minimum absolute atomic E-state index is 0.177. The molecule has 6 nitrogen and oxygen atoms in total. The second kappa shape index (κ2) is 7.31. The third-order valence-electron chi connectivity index (χ3n) is 5.15. The molecule has 2 N–H and O–H groups in total. The summed E-state index contributed by atoms with van der Waals surface area (Å²) >= 11 is 0. The summed E-state index contributed by atoms with van der Waals surface area (Å²) in [5, 5.41) is 10.6. The number of H-pyrrole nitrogens is 1. The van der Waals surface area contributed by atoms with E-state index < -0.39 is 11.9 Å². The molecule has 7 heteroatoms. The average Bonchev–Trinajstić information content (AvgIpc) is 3.20. The van der Waals surface area contributed by atoms with Gasteiger partial charge in [-0.15, -0.1) is 0 Å². The normalized spacial score (nSPS) is 14.5. The van der Waals surface area contributed by atoms with E-state index in [9.17, 15) is 9.18 Å². The fourth-order valence-electron chi connectivity index (χ4n) is 3.84. The first-order valence-electron chi connectivity index (χ1n) is 9.50. The summed E-state index contributed by atoms with van der Waals surface area (Å²) in [5.41, 5.74) is 5.25. The van der Waals surface area contributed by atoms with Gasteiger partial charge in [-0.25, -0.2) is 9.78 Å². The molecule has 4 rings (SSSR count). The van der Waals surface area contributed by atoms with Crippen LogP contribution in [0, 0.1) is 11.4 Å². The molecule has 29 heavy (non-hydrogen) atoms. The molecule has 0 bridgehead atoms. The van der Waals surface area contributed by atoms with Crippen LogP contribution < -0.4 is 5.32 Å². The second-order valence-corrected chi connectivity index (χ2v) is 8.16. The summed E-state index contributed by atoms with van der Waals surface area (Å²) in [6, 6.07) is 10.3. The molecule has 1 aliphatic rings. The summed E-state index contributed by atoms with van der Waals surface area (Å²) in [4.78, 5) is 15.6. The lowest BCUT2D eigenvalue weighted by atomic mass is 9.90. The number of anilines is 1. The highest BCUT2D eigenvalue weighted by molar-refractivity contribution is 5.89. The van der Waals surface area contributed by atoms with Gasteiger partial charge in [0.2, 0.25) is 5.95 Å². The number of nitrogens with zero attached hydrogens (tertiary/aromatic N) is 2. The number of aromatic amines is 1. The molecule has 0 saturated carbocycles. The zero-order chi connectivity index (χ0) is 20.6. The van der Waals surface area contributed by atoms with E-state index in [0.29, 0.717) is 23.5 Å². The average molecular weight is 394 g/mol. The number of halogens is 1. The van der Waals surface area contributed by atoms with E-state index in [0.717, 1.165) is 35.4 Å². The zero-order valence-corrected chi connectivity index (χ0v) is 16.7. The minimum Gasteiger partial charge on any atom is -0.465 e. The Balaban J connectivity index is 1.56. The highest BCUT2D eigenvalue weighted by atomic mass is 19.1. The van der Waals surface area contributed by atoms with Crippen LogP contribution in [0.25, 0.3) is 11.3 Å². The van der Waals surface area contributed by atoms with Gasteiger partial charge < -0.3 is 10.1 Å². The highest BCUT2D eigenvalue weighted by Gasteiger charge is 2.32. The van der Waals surface area contributed by atoms with Crippen LogP contribution in [0.5, 0.6) is 0 Å². The van der Waals surface area contributed by atoms with E-state index in [4.69, 9.17) is 4.74 Å². The number of nitrogens with one attached hydrogen (secondary N) is 2. The summed E-state index contributed by atoms with van der Waals surface area (Å²) < 4.78 is 19.0. The molecule has 2 heterocycles. The van der Waals surface area contributed by atoms with Crippen molar-refractivity contribution in [2.24, 2.45) is 5.41 Å². The lowest BCUT2D eigenvalue weighted by Crippen LogP contribution is -2.11. The first-order valence-corrected chi connectivity index (χ1v) is 9.50. The Morgan fingerprint density at radius 1 is 1.28 bits per heavy atom. The topological polar surface area (TPSA) is 79.9 Å². The van der Waals surface area contributed by atoms with Crippen LogP contribution >= 0.6 is 0 Å². The van der Waals surface area contributed by atoms with Gasteiger partial charge in [-0.05, 0) is 42.0 Å². The molecule has 0 unspecified atom stereocenters. The van der Waals surface area contributed by atoms with Gasteiger partial charge in [0.15, 0.2) is 0 Å². The predicted molar refractivity (Wildman–Crippen MR) is 108 cm³/mol. The number of pyridine rings is 1. The number of aromatic nitrogens is 3. The van der Waals surface area contributed by atoms with Gasteiger partial charge in [-0.1, -0.05) is 26.0 Å². The SMILES string of the molecule is COC(=O)c1cccc(CNc2cc(-c3n[nH]c4c3CC(C)(C)C4)cc(F)n2)c1. The first-order chi connectivity index (χ1) is 13.8. The second-order valence-electron chi connectivity index (χ2n) is 8.16. The number of rotatable bonds is 5. The minimum atomic E-state index is -0.567. The molecule has 0 aliphatic heterocycles. The molecule has 0 atom stereocenters. The van der Waals surface area contributed by atoms with Crippen LogP contribution in [-0.2, 0) is 24.1 Å². The molecule has 0 saturated heterocycles. The van der Waals surface area contributed by atoms with Crippen molar-refractivity contribution in [2.75, 3.05) is 12.4 Å². The quantitative estimate of drug-likeness (QED) is 0.502. The van der Waals surface area contributed by atoms with Crippen molar-refractivity contribution in [1.29, 1.82) is 0 Å². The van der Waals surface area contributed by atoms with E-state index in [2.05, 4.69) is 34.3 Å². The van der Waals surface area contributed by atoms with E-state index in [1.165, 1.54) is 13.2 Å². The molecule has 0 radical (unpaired) electrons. The summed E-state index contributed by atoms with van der Waals surface area (Å²) in [7, 11) is 1.35. The first kappa shape index (κ1) is 19.1. The highest BCUT2D eigenvalue weighted by Crippen LogP contribution is 2.40. The standard InChI is InChI=1S/C22H23FN4O2/c1-22(2)10-16-17(11-22)26-27-20(16)15-8-18(23)25-19(9-15)24-12-13-5-4-6-14(7-13)21(28)29-3/h4-9H,10-12H2,1-3H3,(H,24,25)(H,26,27).